The molecule has 0 amide bonds. The van der Waals surface area contributed by atoms with E-state index in [4.69, 9.17) is 13.5 Å². The highest BCUT2D eigenvalue weighted by atomic mass is 31.2. The molecular formula is C20H19F5NO5P. The van der Waals surface area contributed by atoms with Crippen molar-refractivity contribution >= 4 is 35.0 Å². The van der Waals surface area contributed by atoms with E-state index in [1.165, 1.54) is 26.0 Å². The zero-order valence-corrected chi connectivity index (χ0v) is 18.4. The number of fused-ring (bicyclic) bond motifs is 2. The Morgan fingerprint density at radius 1 is 0.969 bits per heavy atom. The molecule has 32 heavy (non-hydrogen) atoms. The summed E-state index contributed by atoms with van der Waals surface area (Å²) >= 11 is 0. The monoisotopic (exact) mass is 479 g/mol. The fraction of sp³-hybridized carbons (Fsp3) is 0.400. The first-order valence-corrected chi connectivity index (χ1v) is 11.0. The molecule has 0 atom stereocenters. The molecule has 174 valence electrons. The van der Waals surface area contributed by atoms with Crippen LogP contribution in [0.25, 0.3) is 22.1 Å². The fourth-order valence-electron chi connectivity index (χ4n) is 3.12. The van der Waals surface area contributed by atoms with Crippen molar-refractivity contribution in [2.24, 2.45) is 0 Å². The Labute approximate surface area is 178 Å². The lowest BCUT2D eigenvalue weighted by molar-refractivity contribution is -0.290. The SMILES string of the molecule is CCOP(=O)(OCC)c1cc2c(=O)c3cc(C)c(C)cc3oc2nc1C(F)(F)C(F)(F)F. The van der Waals surface area contributed by atoms with E-state index in [2.05, 4.69) is 4.98 Å². The second-order valence-corrected chi connectivity index (χ2v) is 8.97. The minimum absolute atomic E-state index is 0.0371. The maximum absolute atomic E-state index is 14.5. The van der Waals surface area contributed by atoms with Crippen LogP contribution < -0.4 is 10.7 Å². The molecule has 0 aliphatic carbocycles. The van der Waals surface area contributed by atoms with Crippen LogP contribution in [0.3, 0.4) is 0 Å². The first-order valence-electron chi connectivity index (χ1n) is 9.50. The summed E-state index contributed by atoms with van der Waals surface area (Å²) in [6.07, 6.45) is -6.07. The van der Waals surface area contributed by atoms with E-state index < -0.39 is 47.2 Å². The van der Waals surface area contributed by atoms with Crippen molar-refractivity contribution in [2.45, 2.75) is 39.8 Å². The van der Waals surface area contributed by atoms with Gasteiger partial charge in [0.15, 0.2) is 0 Å². The topological polar surface area (TPSA) is 78.6 Å². The molecule has 3 rings (SSSR count). The highest BCUT2D eigenvalue weighted by Crippen LogP contribution is 2.52. The number of rotatable bonds is 6. The van der Waals surface area contributed by atoms with Crippen LogP contribution in [-0.2, 0) is 19.5 Å². The Hall–Kier alpha value is -2.36. The second kappa shape index (κ2) is 8.20. The van der Waals surface area contributed by atoms with Gasteiger partial charge in [-0.05, 0) is 57.0 Å². The molecule has 0 N–H and O–H groups in total. The molecule has 0 unspecified atom stereocenters. The smallest absolute Gasteiger partial charge is 0.437 e. The molecule has 0 bridgehead atoms. The number of hydrogen-bond donors (Lipinski definition) is 0. The van der Waals surface area contributed by atoms with E-state index in [0.29, 0.717) is 11.6 Å². The third-order valence-corrected chi connectivity index (χ3v) is 6.93. The number of nitrogens with zero attached hydrogens (tertiary/aromatic N) is 1. The summed E-state index contributed by atoms with van der Waals surface area (Å²) < 4.78 is 97.2. The average Bonchev–Trinajstić information content (AvgIpc) is 2.68. The van der Waals surface area contributed by atoms with Crippen molar-refractivity contribution in [1.29, 1.82) is 0 Å². The predicted molar refractivity (Wildman–Crippen MR) is 108 cm³/mol. The van der Waals surface area contributed by atoms with Crippen LogP contribution in [0.15, 0.2) is 27.4 Å². The molecule has 0 spiro atoms. The molecule has 0 saturated carbocycles. The van der Waals surface area contributed by atoms with Gasteiger partial charge in [0.2, 0.25) is 11.1 Å². The molecular weight excluding hydrogens is 460 g/mol. The highest BCUT2D eigenvalue weighted by molar-refractivity contribution is 7.62. The van der Waals surface area contributed by atoms with Crippen LogP contribution in [0.2, 0.25) is 0 Å². The largest absolute Gasteiger partial charge is 0.459 e. The average molecular weight is 479 g/mol. The van der Waals surface area contributed by atoms with Gasteiger partial charge in [-0.1, -0.05) is 0 Å². The fourth-order valence-corrected chi connectivity index (χ4v) is 4.89. The van der Waals surface area contributed by atoms with Crippen molar-refractivity contribution in [1.82, 2.24) is 4.98 Å². The lowest BCUT2D eigenvalue weighted by atomic mass is 10.1. The number of benzene rings is 1. The number of halogens is 5. The quantitative estimate of drug-likeness (QED) is 0.264. The summed E-state index contributed by atoms with van der Waals surface area (Å²) in [5, 5.41) is -1.52. The van der Waals surface area contributed by atoms with Crippen LogP contribution in [0.4, 0.5) is 22.0 Å². The van der Waals surface area contributed by atoms with E-state index in [0.717, 1.165) is 5.56 Å². The predicted octanol–water partition coefficient (Wildman–Crippen LogP) is 5.50. The molecule has 2 aromatic heterocycles. The van der Waals surface area contributed by atoms with Gasteiger partial charge in [0.05, 0.1) is 29.3 Å². The third-order valence-electron chi connectivity index (χ3n) is 4.81. The first kappa shape index (κ1) is 24.3. The maximum atomic E-state index is 14.5. The van der Waals surface area contributed by atoms with Crippen molar-refractivity contribution in [2.75, 3.05) is 13.2 Å². The molecule has 0 saturated heterocycles. The van der Waals surface area contributed by atoms with Gasteiger partial charge in [0, 0.05) is 0 Å². The van der Waals surface area contributed by atoms with Gasteiger partial charge in [-0.25, -0.2) is 4.98 Å². The summed E-state index contributed by atoms with van der Waals surface area (Å²) in [4.78, 5) is 16.4. The first-order chi connectivity index (χ1) is 14.8. The number of pyridine rings is 1. The van der Waals surface area contributed by atoms with Crippen molar-refractivity contribution in [3.8, 4) is 0 Å². The number of alkyl halides is 5. The molecule has 0 aliphatic rings. The standard InChI is InChI=1S/C20H19F5NO5P/c1-5-29-32(28,30-6-2)15-9-13-16(27)12-7-10(3)11(4)8-14(12)31-18(13)26-17(15)19(21,22)20(23,24)25/h7-9H,5-6H2,1-4H3. The summed E-state index contributed by atoms with van der Waals surface area (Å²) in [5.74, 6) is -5.53. The van der Waals surface area contributed by atoms with Gasteiger partial charge in [0.25, 0.3) is 0 Å². The molecule has 0 aliphatic heterocycles. The second-order valence-electron chi connectivity index (χ2n) is 6.98. The zero-order valence-electron chi connectivity index (χ0n) is 17.5. The van der Waals surface area contributed by atoms with E-state index in [1.54, 1.807) is 13.8 Å². The van der Waals surface area contributed by atoms with Crippen LogP contribution >= 0.6 is 7.60 Å². The van der Waals surface area contributed by atoms with Gasteiger partial charge < -0.3 is 13.5 Å². The molecule has 6 nitrogen and oxygen atoms in total. The van der Waals surface area contributed by atoms with Crippen LogP contribution in [-0.4, -0.2) is 24.4 Å². The van der Waals surface area contributed by atoms with Gasteiger partial charge >= 0.3 is 19.7 Å². The van der Waals surface area contributed by atoms with E-state index >= 15 is 0 Å². The van der Waals surface area contributed by atoms with E-state index in [-0.39, 0.29) is 24.2 Å². The zero-order chi connectivity index (χ0) is 24.1. The lowest BCUT2D eigenvalue weighted by Crippen LogP contribution is -2.39. The van der Waals surface area contributed by atoms with E-state index in [1.807, 2.05) is 0 Å². The van der Waals surface area contributed by atoms with E-state index in [9.17, 15) is 31.3 Å². The molecule has 1 aromatic carbocycles. The molecule has 12 heteroatoms. The van der Waals surface area contributed by atoms with Gasteiger partial charge in [0.1, 0.15) is 11.3 Å². The minimum atomic E-state index is -6.07. The summed E-state index contributed by atoms with van der Waals surface area (Å²) in [6.45, 7) is 5.50. The summed E-state index contributed by atoms with van der Waals surface area (Å²) in [6, 6.07) is 3.58. The van der Waals surface area contributed by atoms with Crippen LogP contribution in [0.5, 0.6) is 0 Å². The van der Waals surface area contributed by atoms with Gasteiger partial charge in [-0.2, -0.15) is 22.0 Å². The van der Waals surface area contributed by atoms with Crippen LogP contribution in [0.1, 0.15) is 30.7 Å². The van der Waals surface area contributed by atoms with Crippen LogP contribution in [0, 0.1) is 13.8 Å². The van der Waals surface area contributed by atoms with Crippen molar-refractivity contribution < 1.29 is 40.0 Å². The highest BCUT2D eigenvalue weighted by Gasteiger charge is 2.62. The third kappa shape index (κ3) is 3.93. The summed E-state index contributed by atoms with van der Waals surface area (Å²) in [7, 11) is -4.70. The minimum Gasteiger partial charge on any atom is -0.437 e. The molecule has 0 radical (unpaired) electrons. The number of hydrogen-bond acceptors (Lipinski definition) is 6. The Kier molecular flexibility index (Phi) is 6.23. The Morgan fingerprint density at radius 3 is 2.06 bits per heavy atom. The number of aromatic nitrogens is 1. The normalized spacial score (nSPS) is 13.3. The lowest BCUT2D eigenvalue weighted by Gasteiger charge is -2.25. The Morgan fingerprint density at radius 2 is 1.53 bits per heavy atom. The maximum Gasteiger partial charge on any atom is 0.459 e. The Balaban J connectivity index is 2.51. The Bertz CT molecular complexity index is 1290. The molecule has 2 heterocycles. The molecule has 0 fully saturated rings. The van der Waals surface area contributed by atoms with Gasteiger partial charge in [-0.3, -0.25) is 9.36 Å². The number of aryl methyl sites for hydroxylation is 2. The van der Waals surface area contributed by atoms with Gasteiger partial charge in [-0.15, -0.1) is 0 Å². The molecule has 3 aromatic rings. The van der Waals surface area contributed by atoms with Crippen molar-refractivity contribution in [3.05, 3.63) is 45.2 Å². The summed E-state index contributed by atoms with van der Waals surface area (Å²) in [5.41, 5.74) is -2.01. The van der Waals surface area contributed by atoms with Crippen molar-refractivity contribution in [3.63, 3.8) is 0 Å².